The smallest absolute Gasteiger partial charge is 0.453 e. The fourth-order valence-corrected chi connectivity index (χ4v) is 2.45. The molecule has 0 atom stereocenters. The Morgan fingerprint density at radius 1 is 1.30 bits per heavy atom. The molecule has 2 heterocycles. The third-order valence-corrected chi connectivity index (χ3v) is 3.89. The van der Waals surface area contributed by atoms with E-state index in [1.54, 1.807) is 6.92 Å². The van der Waals surface area contributed by atoms with E-state index in [9.17, 15) is 22.0 Å². The quantitative estimate of drug-likeness (QED) is 0.338. The zero-order chi connectivity index (χ0) is 19.8. The van der Waals surface area contributed by atoms with Gasteiger partial charge in [-0.3, -0.25) is 0 Å². The third kappa shape index (κ3) is 4.12. The summed E-state index contributed by atoms with van der Waals surface area (Å²) < 4.78 is 70.3. The van der Waals surface area contributed by atoms with Crippen LogP contribution in [0.1, 0.15) is 31.3 Å². The van der Waals surface area contributed by atoms with Crippen molar-refractivity contribution in [3.63, 3.8) is 0 Å². The Labute approximate surface area is 150 Å². The van der Waals surface area contributed by atoms with E-state index in [1.807, 2.05) is 0 Å². The van der Waals surface area contributed by atoms with Crippen molar-refractivity contribution in [2.75, 3.05) is 0 Å². The lowest BCUT2D eigenvalue weighted by molar-refractivity contribution is -0.151. The molecule has 0 aliphatic heterocycles. The average Bonchev–Trinajstić information content (AvgIpc) is 2.99. The van der Waals surface area contributed by atoms with Gasteiger partial charge in [0.15, 0.2) is 5.65 Å². The van der Waals surface area contributed by atoms with Crippen molar-refractivity contribution in [3.8, 4) is 0 Å². The number of hydrogen-bond acceptors (Lipinski definition) is 5. The molecule has 1 aliphatic carbocycles. The largest absolute Gasteiger partial charge is 0.474 e. The number of hydrogen-bond donors (Lipinski definition) is 0. The van der Waals surface area contributed by atoms with Gasteiger partial charge in [0, 0.05) is 18.9 Å². The molecule has 0 amide bonds. The van der Waals surface area contributed by atoms with Crippen LogP contribution in [0, 0.1) is 0 Å². The Bertz CT molecular complexity index is 923. The number of allylic oxidation sites excluding steroid dienone is 3. The van der Waals surface area contributed by atoms with Crippen molar-refractivity contribution < 1.29 is 26.7 Å². The van der Waals surface area contributed by atoms with Crippen LogP contribution in [0.25, 0.3) is 11.2 Å². The predicted octanol–water partition coefficient (Wildman–Crippen LogP) is 3.90. The minimum atomic E-state index is -4.69. The molecule has 2 aromatic heterocycles. The van der Waals surface area contributed by atoms with Gasteiger partial charge >= 0.3 is 6.18 Å². The van der Waals surface area contributed by atoms with Crippen LogP contribution in [0.2, 0.25) is 0 Å². The molecule has 0 saturated heterocycles. The lowest BCUT2D eigenvalue weighted by atomic mass is 9.91. The second-order valence-corrected chi connectivity index (χ2v) is 6.03. The van der Waals surface area contributed by atoms with Crippen molar-refractivity contribution in [1.29, 1.82) is 0 Å². The highest BCUT2D eigenvalue weighted by Crippen LogP contribution is 2.40. The topological polar surface area (TPSA) is 64.7 Å². The molecule has 0 radical (unpaired) electrons. The first-order valence-electron chi connectivity index (χ1n) is 7.79. The van der Waals surface area contributed by atoms with Gasteiger partial charge in [0.1, 0.15) is 6.10 Å². The zero-order valence-corrected chi connectivity index (χ0v) is 14.0. The minimum absolute atomic E-state index is 0.0382. The lowest BCUT2D eigenvalue weighted by Gasteiger charge is -2.34. The van der Waals surface area contributed by atoms with Crippen molar-refractivity contribution in [3.05, 3.63) is 41.7 Å². The maximum atomic E-state index is 12.9. The second kappa shape index (κ2) is 6.71. The molecule has 1 aliphatic rings. The molecule has 0 unspecified atom stereocenters. The molecule has 1 saturated carbocycles. The van der Waals surface area contributed by atoms with Gasteiger partial charge in [-0.15, -0.1) is 10.2 Å². The van der Waals surface area contributed by atoms with Gasteiger partial charge < -0.3 is 4.74 Å². The number of halogens is 5. The number of alkyl halides is 5. The van der Waals surface area contributed by atoms with Crippen molar-refractivity contribution in [1.82, 2.24) is 19.8 Å². The van der Waals surface area contributed by atoms with Gasteiger partial charge in [0.05, 0.1) is 5.69 Å². The Morgan fingerprint density at radius 3 is 2.59 bits per heavy atom. The number of aromatic nitrogens is 4. The maximum Gasteiger partial charge on any atom is 0.453 e. The van der Waals surface area contributed by atoms with Crippen LogP contribution in [0.5, 0.6) is 0 Å². The molecule has 27 heavy (non-hydrogen) atoms. The summed E-state index contributed by atoms with van der Waals surface area (Å²) >= 11 is 0. The highest BCUT2D eigenvalue weighted by molar-refractivity contribution is 5.63. The van der Waals surface area contributed by atoms with Gasteiger partial charge in [-0.1, -0.05) is 6.08 Å². The zero-order valence-electron chi connectivity index (χ0n) is 14.0. The van der Waals surface area contributed by atoms with E-state index in [2.05, 4.69) is 27.0 Å². The van der Waals surface area contributed by atoms with Crippen LogP contribution in [0.4, 0.5) is 22.0 Å². The third-order valence-electron chi connectivity index (χ3n) is 3.89. The van der Waals surface area contributed by atoms with E-state index in [0.29, 0.717) is 10.1 Å². The first kappa shape index (κ1) is 18.9. The predicted molar refractivity (Wildman–Crippen MR) is 86.1 cm³/mol. The summed E-state index contributed by atoms with van der Waals surface area (Å²) in [6.07, 6.45) is -3.25. The van der Waals surface area contributed by atoms with E-state index in [0.717, 1.165) is 0 Å². The molecule has 0 N–H and O–H groups in total. The molecule has 0 aromatic carbocycles. The molecule has 0 bridgehead atoms. The highest BCUT2D eigenvalue weighted by Gasteiger charge is 2.47. The number of fused-ring (bicyclic) bond motifs is 1. The molecule has 6 nitrogen and oxygen atoms in total. The second-order valence-electron chi connectivity index (χ2n) is 6.03. The molecule has 1 fully saturated rings. The van der Waals surface area contributed by atoms with E-state index in [-0.39, 0.29) is 17.2 Å². The van der Waals surface area contributed by atoms with E-state index in [1.165, 1.54) is 24.3 Å². The summed E-state index contributed by atoms with van der Waals surface area (Å²) in [6.45, 7) is 4.92. The van der Waals surface area contributed by atoms with E-state index < -0.39 is 36.9 Å². The van der Waals surface area contributed by atoms with E-state index in [4.69, 9.17) is 4.74 Å². The minimum Gasteiger partial charge on any atom is -0.474 e. The molecular formula is C16H14F5N5O. The summed E-state index contributed by atoms with van der Waals surface area (Å²) in [6, 6.07) is 2.84. The van der Waals surface area contributed by atoms with Crippen LogP contribution in [-0.4, -0.2) is 38.6 Å². The number of ether oxygens (including phenoxy) is 1. The van der Waals surface area contributed by atoms with Gasteiger partial charge in [-0.05, 0) is 31.3 Å². The van der Waals surface area contributed by atoms with Crippen LogP contribution < -0.4 is 0 Å². The van der Waals surface area contributed by atoms with Crippen molar-refractivity contribution in [2.24, 2.45) is 4.99 Å². The molecule has 2 aromatic rings. The van der Waals surface area contributed by atoms with Crippen LogP contribution in [0.3, 0.4) is 0 Å². The summed E-state index contributed by atoms with van der Waals surface area (Å²) in [4.78, 5) is 3.62. The SMILES string of the molecule is C=N/C(=C\C=C(/C)c1ccc2nnc(C(F)(F)F)n2n1)OC1CC(F)(F)C1. The summed E-state index contributed by atoms with van der Waals surface area (Å²) in [5, 5.41) is 10.4. The van der Waals surface area contributed by atoms with Crippen LogP contribution in [-0.2, 0) is 10.9 Å². The van der Waals surface area contributed by atoms with Crippen LogP contribution >= 0.6 is 0 Å². The Morgan fingerprint density at radius 2 is 2.00 bits per heavy atom. The van der Waals surface area contributed by atoms with Crippen molar-refractivity contribution in [2.45, 2.75) is 38.0 Å². The fraction of sp³-hybridized carbons (Fsp3) is 0.375. The molecular weight excluding hydrogens is 373 g/mol. The normalized spacial score (nSPS) is 18.4. The lowest BCUT2D eigenvalue weighted by Crippen LogP contribution is -2.41. The molecule has 0 spiro atoms. The van der Waals surface area contributed by atoms with Crippen molar-refractivity contribution >= 4 is 17.9 Å². The average molecular weight is 387 g/mol. The first-order valence-corrected chi connectivity index (χ1v) is 7.79. The maximum absolute atomic E-state index is 12.9. The highest BCUT2D eigenvalue weighted by atomic mass is 19.4. The number of aliphatic imine (C=N–C) groups is 1. The summed E-state index contributed by atoms with van der Waals surface area (Å²) in [7, 11) is 0. The Balaban J connectivity index is 1.81. The molecule has 11 heteroatoms. The molecule has 144 valence electrons. The van der Waals surface area contributed by atoms with Gasteiger partial charge in [0.25, 0.3) is 11.7 Å². The summed E-state index contributed by atoms with van der Waals surface area (Å²) in [5.41, 5.74) is 0.683. The standard InChI is InChI=1S/C16H14F5N5O/c1-9(3-6-13(22-2)27-10-7-15(17,18)8-10)11-4-5-12-23-24-14(16(19,20)21)26(12)25-11/h3-6,10H,2,7-8H2,1H3/b9-3+,13-6+. The van der Waals surface area contributed by atoms with Gasteiger partial charge in [-0.2, -0.15) is 22.8 Å². The van der Waals surface area contributed by atoms with E-state index >= 15 is 0 Å². The fourth-order valence-electron chi connectivity index (χ4n) is 2.45. The van der Waals surface area contributed by atoms with Gasteiger partial charge in [-0.25, -0.2) is 13.8 Å². The Hall–Kier alpha value is -2.85. The number of nitrogens with zero attached hydrogens (tertiary/aromatic N) is 5. The van der Waals surface area contributed by atoms with Gasteiger partial charge in [0.2, 0.25) is 5.88 Å². The van der Waals surface area contributed by atoms with Crippen LogP contribution in [0.15, 0.2) is 35.2 Å². The monoisotopic (exact) mass is 387 g/mol. The summed E-state index contributed by atoms with van der Waals surface area (Å²) in [5.74, 6) is -3.92. The number of rotatable bonds is 5. The Kier molecular flexibility index (Phi) is 4.70. The first-order chi connectivity index (χ1) is 12.6. The molecule has 3 rings (SSSR count).